The summed E-state index contributed by atoms with van der Waals surface area (Å²) in [6, 6.07) is 6.32. The zero-order valence-corrected chi connectivity index (χ0v) is 12.0. The number of aliphatic hydroxyl groups is 1. The topological polar surface area (TPSA) is 41.5 Å². The van der Waals surface area contributed by atoms with Gasteiger partial charge in [0, 0.05) is 6.54 Å². The van der Waals surface area contributed by atoms with Gasteiger partial charge in [-0.05, 0) is 55.7 Å². The fraction of sp³-hybridized carbons (Fsp3) is 0.625. The van der Waals surface area contributed by atoms with Crippen LogP contribution in [0.2, 0.25) is 0 Å². The summed E-state index contributed by atoms with van der Waals surface area (Å²) < 4.78 is 5.40. The highest BCUT2D eigenvalue weighted by Crippen LogP contribution is 2.28. The Kier molecular flexibility index (Phi) is 5.08. The minimum absolute atomic E-state index is 0.0748. The molecule has 3 nitrogen and oxygen atoms in total. The number of anilines is 1. The molecule has 2 rings (SSSR count). The summed E-state index contributed by atoms with van der Waals surface area (Å²) in [5.41, 5.74) is 2.41. The second kappa shape index (κ2) is 6.80. The SMILES string of the molecule is CCc1ccc(OC)c(NCC2CCC(O)CC2)c1. The van der Waals surface area contributed by atoms with E-state index in [0.29, 0.717) is 5.92 Å². The average molecular weight is 263 g/mol. The zero-order chi connectivity index (χ0) is 13.7. The largest absolute Gasteiger partial charge is 0.495 e. The maximum Gasteiger partial charge on any atom is 0.141 e. The molecule has 0 aromatic heterocycles. The summed E-state index contributed by atoms with van der Waals surface area (Å²) in [6.45, 7) is 3.13. The lowest BCUT2D eigenvalue weighted by atomic mass is 9.87. The first-order chi connectivity index (χ1) is 9.22. The van der Waals surface area contributed by atoms with Crippen LogP contribution in [-0.4, -0.2) is 24.9 Å². The van der Waals surface area contributed by atoms with Gasteiger partial charge in [0.1, 0.15) is 5.75 Å². The van der Waals surface area contributed by atoms with E-state index < -0.39 is 0 Å². The van der Waals surface area contributed by atoms with Gasteiger partial charge in [0.25, 0.3) is 0 Å². The molecule has 0 bridgehead atoms. The molecule has 0 amide bonds. The summed E-state index contributed by atoms with van der Waals surface area (Å²) >= 11 is 0. The van der Waals surface area contributed by atoms with Crippen LogP contribution in [0.1, 0.15) is 38.2 Å². The Hall–Kier alpha value is -1.22. The number of benzene rings is 1. The number of nitrogens with one attached hydrogen (secondary N) is 1. The van der Waals surface area contributed by atoms with Crippen LogP contribution in [0.25, 0.3) is 0 Å². The first kappa shape index (κ1) is 14.2. The van der Waals surface area contributed by atoms with E-state index in [9.17, 15) is 5.11 Å². The van der Waals surface area contributed by atoms with E-state index in [0.717, 1.165) is 50.1 Å². The van der Waals surface area contributed by atoms with Crippen molar-refractivity contribution in [1.29, 1.82) is 0 Å². The van der Waals surface area contributed by atoms with Crippen molar-refractivity contribution in [2.24, 2.45) is 5.92 Å². The molecule has 1 aliphatic carbocycles. The first-order valence-corrected chi connectivity index (χ1v) is 7.31. The predicted octanol–water partition coefficient (Wildman–Crippen LogP) is 3.22. The molecule has 3 heteroatoms. The normalized spacial score (nSPS) is 23.1. The number of aliphatic hydroxyl groups excluding tert-OH is 1. The van der Waals surface area contributed by atoms with Crippen molar-refractivity contribution in [2.45, 2.75) is 45.1 Å². The van der Waals surface area contributed by atoms with Gasteiger partial charge in [-0.25, -0.2) is 0 Å². The molecule has 0 heterocycles. The van der Waals surface area contributed by atoms with Crippen LogP contribution in [0, 0.1) is 5.92 Å². The van der Waals surface area contributed by atoms with Crippen molar-refractivity contribution in [3.63, 3.8) is 0 Å². The molecule has 106 valence electrons. The maximum atomic E-state index is 9.52. The highest BCUT2D eigenvalue weighted by atomic mass is 16.5. The standard InChI is InChI=1S/C16H25NO2/c1-3-12-6-9-16(19-2)15(10-12)17-11-13-4-7-14(18)8-5-13/h6,9-10,13-14,17-18H,3-5,7-8,11H2,1-2H3. The van der Waals surface area contributed by atoms with E-state index in [1.165, 1.54) is 5.56 Å². The molecule has 1 fully saturated rings. The molecule has 0 radical (unpaired) electrons. The number of aryl methyl sites for hydroxylation is 1. The Bertz CT molecular complexity index is 398. The molecular formula is C16H25NO2. The van der Waals surface area contributed by atoms with Gasteiger partial charge in [0.05, 0.1) is 18.9 Å². The molecule has 1 saturated carbocycles. The monoisotopic (exact) mass is 263 g/mol. The molecule has 19 heavy (non-hydrogen) atoms. The fourth-order valence-electron chi connectivity index (χ4n) is 2.72. The molecule has 1 aliphatic rings. The van der Waals surface area contributed by atoms with Gasteiger partial charge in [-0.15, -0.1) is 0 Å². The minimum Gasteiger partial charge on any atom is -0.495 e. The molecule has 1 aromatic carbocycles. The molecule has 0 saturated heterocycles. The third-order valence-electron chi connectivity index (χ3n) is 4.07. The van der Waals surface area contributed by atoms with Crippen molar-refractivity contribution < 1.29 is 9.84 Å². The summed E-state index contributed by atoms with van der Waals surface area (Å²) in [5, 5.41) is 13.0. The molecule has 0 unspecified atom stereocenters. The Labute approximate surface area is 116 Å². The van der Waals surface area contributed by atoms with Gasteiger partial charge in [-0.3, -0.25) is 0 Å². The van der Waals surface area contributed by atoms with E-state index in [-0.39, 0.29) is 6.10 Å². The van der Waals surface area contributed by atoms with E-state index >= 15 is 0 Å². The van der Waals surface area contributed by atoms with E-state index in [4.69, 9.17) is 4.74 Å². The fourth-order valence-corrected chi connectivity index (χ4v) is 2.72. The average Bonchev–Trinajstić information content (AvgIpc) is 2.46. The van der Waals surface area contributed by atoms with Crippen LogP contribution in [0.3, 0.4) is 0 Å². The van der Waals surface area contributed by atoms with Crippen molar-refractivity contribution in [3.8, 4) is 5.75 Å². The van der Waals surface area contributed by atoms with Gasteiger partial charge in [0.15, 0.2) is 0 Å². The second-order valence-electron chi connectivity index (χ2n) is 5.44. The highest BCUT2D eigenvalue weighted by molar-refractivity contribution is 5.58. The molecular weight excluding hydrogens is 238 g/mol. The lowest BCUT2D eigenvalue weighted by Crippen LogP contribution is -2.23. The Morgan fingerprint density at radius 2 is 2.00 bits per heavy atom. The first-order valence-electron chi connectivity index (χ1n) is 7.31. The Morgan fingerprint density at radius 1 is 1.26 bits per heavy atom. The van der Waals surface area contributed by atoms with Crippen LogP contribution >= 0.6 is 0 Å². The molecule has 1 aromatic rings. The summed E-state index contributed by atoms with van der Waals surface area (Å²) in [7, 11) is 1.71. The molecule has 0 aliphatic heterocycles. The maximum absolute atomic E-state index is 9.52. The minimum atomic E-state index is -0.0748. The van der Waals surface area contributed by atoms with E-state index in [1.807, 2.05) is 6.07 Å². The number of rotatable bonds is 5. The van der Waals surface area contributed by atoms with Crippen molar-refractivity contribution in [2.75, 3.05) is 19.0 Å². The lowest BCUT2D eigenvalue weighted by molar-refractivity contribution is 0.111. The number of hydrogen-bond acceptors (Lipinski definition) is 3. The number of methoxy groups -OCH3 is 1. The van der Waals surface area contributed by atoms with Crippen LogP contribution < -0.4 is 10.1 Å². The summed E-state index contributed by atoms with van der Waals surface area (Å²) in [5.74, 6) is 1.58. The summed E-state index contributed by atoms with van der Waals surface area (Å²) in [6.07, 6.45) is 5.08. The molecule has 0 spiro atoms. The van der Waals surface area contributed by atoms with Gasteiger partial charge >= 0.3 is 0 Å². The van der Waals surface area contributed by atoms with Crippen LogP contribution in [0.4, 0.5) is 5.69 Å². The van der Waals surface area contributed by atoms with E-state index in [1.54, 1.807) is 7.11 Å². The summed E-state index contributed by atoms with van der Waals surface area (Å²) in [4.78, 5) is 0. The van der Waals surface area contributed by atoms with Gasteiger partial charge < -0.3 is 15.2 Å². The quantitative estimate of drug-likeness (QED) is 0.857. The lowest BCUT2D eigenvalue weighted by Gasteiger charge is -2.26. The third kappa shape index (κ3) is 3.87. The van der Waals surface area contributed by atoms with Crippen LogP contribution in [-0.2, 0) is 6.42 Å². The molecule has 2 N–H and O–H groups in total. The number of hydrogen-bond donors (Lipinski definition) is 2. The van der Waals surface area contributed by atoms with Crippen LogP contribution in [0.15, 0.2) is 18.2 Å². The second-order valence-corrected chi connectivity index (χ2v) is 5.44. The Morgan fingerprint density at radius 3 is 2.63 bits per heavy atom. The van der Waals surface area contributed by atoms with E-state index in [2.05, 4.69) is 24.4 Å². The van der Waals surface area contributed by atoms with Gasteiger partial charge in [-0.2, -0.15) is 0 Å². The van der Waals surface area contributed by atoms with Gasteiger partial charge in [-0.1, -0.05) is 13.0 Å². The van der Waals surface area contributed by atoms with Crippen LogP contribution in [0.5, 0.6) is 5.75 Å². The van der Waals surface area contributed by atoms with Gasteiger partial charge in [0.2, 0.25) is 0 Å². The molecule has 0 atom stereocenters. The smallest absolute Gasteiger partial charge is 0.141 e. The van der Waals surface area contributed by atoms with Crippen molar-refractivity contribution in [3.05, 3.63) is 23.8 Å². The predicted molar refractivity (Wildman–Crippen MR) is 78.8 cm³/mol. The highest BCUT2D eigenvalue weighted by Gasteiger charge is 2.19. The zero-order valence-electron chi connectivity index (χ0n) is 12.0. The van der Waals surface area contributed by atoms with Crippen molar-refractivity contribution in [1.82, 2.24) is 0 Å². The Balaban J connectivity index is 1.94. The number of ether oxygens (including phenoxy) is 1. The third-order valence-corrected chi connectivity index (χ3v) is 4.07. The van der Waals surface area contributed by atoms with Crippen molar-refractivity contribution >= 4 is 5.69 Å².